The monoisotopic (exact) mass is 386 g/mol. The van der Waals surface area contributed by atoms with Gasteiger partial charge < -0.3 is 4.90 Å². The average Bonchev–Trinajstić information content (AvgIpc) is 2.64. The molecule has 0 bridgehead atoms. The molecule has 0 N–H and O–H groups in total. The van der Waals surface area contributed by atoms with Gasteiger partial charge in [0.05, 0.1) is 4.90 Å². The van der Waals surface area contributed by atoms with Gasteiger partial charge in [-0.15, -0.1) is 0 Å². The topological polar surface area (TPSA) is 57.7 Å². The first kappa shape index (κ1) is 19.6. The Labute approximate surface area is 161 Å². The molecule has 1 aliphatic rings. The molecule has 1 aliphatic heterocycles. The fourth-order valence-electron chi connectivity index (χ4n) is 3.32. The largest absolute Gasteiger partial charge is 0.310 e. The van der Waals surface area contributed by atoms with Crippen LogP contribution in [0.1, 0.15) is 37.8 Å². The van der Waals surface area contributed by atoms with Gasteiger partial charge in [0, 0.05) is 18.8 Å². The molecule has 1 amide bonds. The summed E-state index contributed by atoms with van der Waals surface area (Å²) >= 11 is 0. The van der Waals surface area contributed by atoms with Gasteiger partial charge in [0.15, 0.2) is 0 Å². The molecule has 144 valence electrons. The van der Waals surface area contributed by atoms with Gasteiger partial charge in [-0.3, -0.25) is 4.79 Å². The van der Waals surface area contributed by atoms with E-state index in [0.717, 1.165) is 11.3 Å². The third-order valence-corrected chi connectivity index (χ3v) is 7.08. The molecule has 1 atom stereocenters. The number of aryl methyl sites for hydroxylation is 1. The summed E-state index contributed by atoms with van der Waals surface area (Å²) in [7, 11) is -3.70. The van der Waals surface area contributed by atoms with Gasteiger partial charge in [0.1, 0.15) is 6.04 Å². The van der Waals surface area contributed by atoms with Crippen LogP contribution in [0.3, 0.4) is 0 Å². The maximum Gasteiger partial charge on any atom is 0.245 e. The Bertz CT molecular complexity index is 919. The van der Waals surface area contributed by atoms with Crippen LogP contribution in [0.25, 0.3) is 0 Å². The van der Waals surface area contributed by atoms with Gasteiger partial charge in [-0.25, -0.2) is 8.42 Å². The molecule has 6 heteroatoms. The van der Waals surface area contributed by atoms with Crippen LogP contribution in [-0.4, -0.2) is 37.8 Å². The molecule has 1 fully saturated rings. The van der Waals surface area contributed by atoms with E-state index >= 15 is 0 Å². The molecule has 2 aromatic rings. The van der Waals surface area contributed by atoms with Crippen molar-refractivity contribution in [2.24, 2.45) is 0 Å². The van der Waals surface area contributed by atoms with Gasteiger partial charge in [0.2, 0.25) is 15.9 Å². The van der Waals surface area contributed by atoms with Crippen molar-refractivity contribution in [3.05, 3.63) is 59.7 Å². The fourth-order valence-corrected chi connectivity index (χ4v) is 4.90. The Morgan fingerprint density at radius 2 is 1.56 bits per heavy atom. The van der Waals surface area contributed by atoms with E-state index < -0.39 is 16.1 Å². The Hall–Kier alpha value is -2.18. The standard InChI is InChI=1S/C21H26N2O3S/c1-15(2)18-7-9-19(10-8-18)22-13-14-23(17(4)21(22)24)27(25,26)20-11-5-16(3)6-12-20/h5-12,15,17H,13-14H2,1-4H3/t17-/m1/s1. The zero-order valence-corrected chi connectivity index (χ0v) is 17.0. The van der Waals surface area contributed by atoms with Crippen LogP contribution in [0, 0.1) is 6.92 Å². The number of carbonyl (C=O) groups excluding carboxylic acids is 1. The summed E-state index contributed by atoms with van der Waals surface area (Å²) < 4.78 is 27.2. The number of nitrogens with zero attached hydrogens (tertiary/aromatic N) is 2. The number of piperazine rings is 1. The first-order valence-corrected chi connectivity index (χ1v) is 10.7. The molecule has 1 saturated heterocycles. The van der Waals surface area contributed by atoms with Crippen molar-refractivity contribution in [2.45, 2.75) is 44.6 Å². The zero-order chi connectivity index (χ0) is 19.8. The molecule has 3 rings (SSSR count). The highest BCUT2D eigenvalue weighted by atomic mass is 32.2. The predicted molar refractivity (Wildman–Crippen MR) is 107 cm³/mol. The smallest absolute Gasteiger partial charge is 0.245 e. The lowest BCUT2D eigenvalue weighted by Crippen LogP contribution is -2.57. The Kier molecular flexibility index (Phi) is 5.40. The first-order valence-electron chi connectivity index (χ1n) is 9.21. The minimum atomic E-state index is -3.70. The van der Waals surface area contributed by atoms with Crippen LogP contribution < -0.4 is 4.90 Å². The lowest BCUT2D eigenvalue weighted by atomic mass is 10.0. The van der Waals surface area contributed by atoms with Crippen LogP contribution in [0.5, 0.6) is 0 Å². The van der Waals surface area contributed by atoms with Gasteiger partial charge >= 0.3 is 0 Å². The number of anilines is 1. The third-order valence-electron chi connectivity index (χ3n) is 5.10. The van der Waals surface area contributed by atoms with E-state index in [-0.39, 0.29) is 17.3 Å². The number of hydrogen-bond acceptors (Lipinski definition) is 3. The van der Waals surface area contributed by atoms with Gasteiger partial charge in [-0.2, -0.15) is 4.31 Å². The number of amides is 1. The molecular weight excluding hydrogens is 360 g/mol. The van der Waals surface area contributed by atoms with Crippen molar-refractivity contribution in [1.82, 2.24) is 4.31 Å². The highest BCUT2D eigenvalue weighted by molar-refractivity contribution is 7.89. The molecule has 0 spiro atoms. The first-order chi connectivity index (χ1) is 12.7. The molecule has 27 heavy (non-hydrogen) atoms. The van der Waals surface area contributed by atoms with Crippen molar-refractivity contribution in [3.63, 3.8) is 0 Å². The van der Waals surface area contributed by atoms with Gasteiger partial charge in [-0.1, -0.05) is 43.7 Å². The normalized spacial score (nSPS) is 18.9. The summed E-state index contributed by atoms with van der Waals surface area (Å²) in [4.78, 5) is 14.8. The quantitative estimate of drug-likeness (QED) is 0.807. The second kappa shape index (κ2) is 7.44. The van der Waals surface area contributed by atoms with E-state index in [4.69, 9.17) is 0 Å². The molecule has 1 heterocycles. The van der Waals surface area contributed by atoms with Crippen LogP contribution >= 0.6 is 0 Å². The maximum absolute atomic E-state index is 13.0. The van der Waals surface area contributed by atoms with E-state index in [1.807, 2.05) is 31.2 Å². The minimum Gasteiger partial charge on any atom is -0.310 e. The fraction of sp³-hybridized carbons (Fsp3) is 0.381. The Balaban J connectivity index is 1.82. The molecular formula is C21H26N2O3S. The summed E-state index contributed by atoms with van der Waals surface area (Å²) in [6.07, 6.45) is 0. The predicted octanol–water partition coefficient (Wildman–Crippen LogP) is 3.54. The molecule has 0 aliphatic carbocycles. The second-order valence-electron chi connectivity index (χ2n) is 7.34. The van der Waals surface area contributed by atoms with E-state index in [1.54, 1.807) is 36.1 Å². The third kappa shape index (κ3) is 3.77. The van der Waals surface area contributed by atoms with Crippen molar-refractivity contribution < 1.29 is 13.2 Å². The van der Waals surface area contributed by atoms with Crippen LogP contribution in [-0.2, 0) is 14.8 Å². The van der Waals surface area contributed by atoms with Crippen molar-refractivity contribution in [1.29, 1.82) is 0 Å². The summed E-state index contributed by atoms with van der Waals surface area (Å²) in [5.41, 5.74) is 3.01. The van der Waals surface area contributed by atoms with Crippen LogP contribution in [0.2, 0.25) is 0 Å². The van der Waals surface area contributed by atoms with Crippen molar-refractivity contribution >= 4 is 21.6 Å². The molecule has 0 aromatic heterocycles. The molecule has 0 saturated carbocycles. The van der Waals surface area contributed by atoms with Crippen LogP contribution in [0.15, 0.2) is 53.4 Å². The maximum atomic E-state index is 13.0. The highest BCUT2D eigenvalue weighted by Gasteiger charge is 2.39. The zero-order valence-electron chi connectivity index (χ0n) is 16.2. The van der Waals surface area contributed by atoms with E-state index in [9.17, 15) is 13.2 Å². The Morgan fingerprint density at radius 3 is 2.11 bits per heavy atom. The minimum absolute atomic E-state index is 0.200. The van der Waals surface area contributed by atoms with Crippen molar-refractivity contribution in [2.75, 3.05) is 18.0 Å². The second-order valence-corrected chi connectivity index (χ2v) is 9.23. The molecule has 0 radical (unpaired) electrons. The molecule has 5 nitrogen and oxygen atoms in total. The number of benzene rings is 2. The summed E-state index contributed by atoms with van der Waals surface area (Å²) in [6.45, 7) is 8.42. The van der Waals surface area contributed by atoms with E-state index in [0.29, 0.717) is 12.5 Å². The highest BCUT2D eigenvalue weighted by Crippen LogP contribution is 2.27. The number of sulfonamides is 1. The van der Waals surface area contributed by atoms with E-state index in [1.165, 1.54) is 9.87 Å². The average molecular weight is 387 g/mol. The number of hydrogen-bond donors (Lipinski definition) is 0. The lowest BCUT2D eigenvalue weighted by Gasteiger charge is -2.38. The number of carbonyl (C=O) groups is 1. The van der Waals surface area contributed by atoms with Crippen LogP contribution in [0.4, 0.5) is 5.69 Å². The SMILES string of the molecule is Cc1ccc(S(=O)(=O)N2CCN(c3ccc(C(C)C)cc3)C(=O)[C@H]2C)cc1. The number of rotatable bonds is 4. The summed E-state index contributed by atoms with van der Waals surface area (Å²) in [5, 5.41) is 0. The summed E-state index contributed by atoms with van der Waals surface area (Å²) in [6, 6.07) is 13.9. The summed E-state index contributed by atoms with van der Waals surface area (Å²) in [5.74, 6) is 0.222. The van der Waals surface area contributed by atoms with E-state index in [2.05, 4.69) is 13.8 Å². The lowest BCUT2D eigenvalue weighted by molar-refractivity contribution is -0.123. The molecule has 0 unspecified atom stereocenters. The Morgan fingerprint density at radius 1 is 0.963 bits per heavy atom. The molecule has 2 aromatic carbocycles. The van der Waals surface area contributed by atoms with Gasteiger partial charge in [-0.05, 0) is 49.6 Å². The van der Waals surface area contributed by atoms with Gasteiger partial charge in [0.25, 0.3) is 0 Å². The van der Waals surface area contributed by atoms with Crippen molar-refractivity contribution in [3.8, 4) is 0 Å².